The molecule has 0 aliphatic rings. The number of aliphatic hydroxyl groups is 1. The molecule has 1 unspecified atom stereocenters. The first kappa shape index (κ1) is 19.1. The quantitative estimate of drug-likeness (QED) is 0.717. The van der Waals surface area contributed by atoms with E-state index in [9.17, 15) is 23.1 Å². The number of amides is 2. The minimum Gasteiger partial charge on any atom is -0.482 e. The Morgan fingerprint density at radius 3 is 2.52 bits per heavy atom. The number of alkyl halides is 3. The minimum absolute atomic E-state index is 0.0793. The van der Waals surface area contributed by atoms with Crippen molar-refractivity contribution in [3.8, 4) is 5.75 Å². The van der Waals surface area contributed by atoms with Crippen molar-refractivity contribution in [3.63, 3.8) is 0 Å². The minimum atomic E-state index is -4.46. The number of rotatable bonds is 7. The van der Waals surface area contributed by atoms with Crippen molar-refractivity contribution in [1.29, 1.82) is 0 Å². The van der Waals surface area contributed by atoms with Crippen molar-refractivity contribution in [2.45, 2.75) is 32.5 Å². The molecule has 23 heavy (non-hydrogen) atoms. The van der Waals surface area contributed by atoms with Gasteiger partial charge in [0, 0.05) is 0 Å². The molecule has 3 N–H and O–H groups in total. The third-order valence-corrected chi connectivity index (χ3v) is 2.84. The van der Waals surface area contributed by atoms with Gasteiger partial charge in [-0.05, 0) is 24.5 Å². The summed E-state index contributed by atoms with van der Waals surface area (Å²) in [6, 6.07) is 4.78. The summed E-state index contributed by atoms with van der Waals surface area (Å²) < 4.78 is 41.3. The summed E-state index contributed by atoms with van der Waals surface area (Å²) in [6.45, 7) is 2.22. The number of nitrogens with one attached hydrogen (secondary N) is 2. The molecule has 8 heteroatoms. The molecule has 0 saturated heterocycles. The van der Waals surface area contributed by atoms with Gasteiger partial charge in [0.15, 0.2) is 6.61 Å². The van der Waals surface area contributed by atoms with Gasteiger partial charge in [-0.15, -0.1) is 0 Å². The van der Waals surface area contributed by atoms with Crippen LogP contribution in [0.3, 0.4) is 0 Å². The van der Waals surface area contributed by atoms with Crippen LogP contribution in [0, 0.1) is 5.92 Å². The Bertz CT molecular complexity index is 507. The summed E-state index contributed by atoms with van der Waals surface area (Å²) in [5.41, 5.74) is 0.121. The summed E-state index contributed by atoms with van der Waals surface area (Å²) in [6.07, 6.45) is -3.88. The molecule has 130 valence electrons. The van der Waals surface area contributed by atoms with E-state index in [2.05, 4.69) is 15.4 Å². The van der Waals surface area contributed by atoms with Crippen molar-refractivity contribution in [1.82, 2.24) is 5.32 Å². The molecule has 0 saturated carbocycles. The molecule has 1 aromatic carbocycles. The lowest BCUT2D eigenvalue weighted by atomic mass is 10.0. The number of benzene rings is 1. The van der Waals surface area contributed by atoms with Crippen LogP contribution in [0.25, 0.3) is 0 Å². The predicted octanol–water partition coefficient (Wildman–Crippen LogP) is 3.16. The molecule has 0 heterocycles. The Morgan fingerprint density at radius 1 is 1.30 bits per heavy atom. The number of hydrogen-bond acceptors (Lipinski definition) is 3. The molecule has 0 aliphatic heterocycles. The van der Waals surface area contributed by atoms with Crippen LogP contribution in [0.2, 0.25) is 0 Å². The van der Waals surface area contributed by atoms with Gasteiger partial charge in [-0.3, -0.25) is 0 Å². The zero-order valence-electron chi connectivity index (χ0n) is 13.0. The second kappa shape index (κ2) is 8.61. The third kappa shape index (κ3) is 7.73. The maximum Gasteiger partial charge on any atom is 0.422 e. The van der Waals surface area contributed by atoms with Gasteiger partial charge in [-0.2, -0.15) is 13.2 Å². The van der Waals surface area contributed by atoms with Crippen LogP contribution >= 0.6 is 0 Å². The molecular formula is C15H21F3N2O3. The van der Waals surface area contributed by atoms with Gasteiger partial charge in [0.2, 0.25) is 0 Å². The van der Waals surface area contributed by atoms with Gasteiger partial charge in [0.25, 0.3) is 0 Å². The first-order chi connectivity index (χ1) is 10.7. The van der Waals surface area contributed by atoms with Gasteiger partial charge >= 0.3 is 12.2 Å². The van der Waals surface area contributed by atoms with E-state index >= 15 is 0 Å². The number of carbonyl (C=O) groups is 1. The Morgan fingerprint density at radius 2 is 1.96 bits per heavy atom. The second-order valence-electron chi connectivity index (χ2n) is 5.51. The first-order valence-electron chi connectivity index (χ1n) is 7.18. The molecule has 0 fully saturated rings. The number of carbonyl (C=O) groups excluding carboxylic acids is 1. The lowest BCUT2D eigenvalue weighted by molar-refractivity contribution is -0.153. The van der Waals surface area contributed by atoms with E-state index in [4.69, 9.17) is 0 Å². The van der Waals surface area contributed by atoms with Crippen LogP contribution in [0.4, 0.5) is 23.7 Å². The van der Waals surface area contributed by atoms with Crippen LogP contribution in [-0.2, 0) is 0 Å². The normalized spacial score (nSPS) is 12.8. The fraction of sp³-hybridized carbons (Fsp3) is 0.533. The molecule has 2 amide bonds. The van der Waals surface area contributed by atoms with E-state index < -0.39 is 24.9 Å². The molecule has 0 aliphatic carbocycles. The summed E-state index contributed by atoms with van der Waals surface area (Å²) >= 11 is 0. The highest BCUT2D eigenvalue weighted by Gasteiger charge is 2.29. The number of aliphatic hydroxyl groups excluding tert-OH is 1. The van der Waals surface area contributed by atoms with E-state index in [1.54, 1.807) is 6.07 Å². The molecule has 0 spiro atoms. The van der Waals surface area contributed by atoms with Crippen LogP contribution in [-0.4, -0.2) is 36.6 Å². The Balaban J connectivity index is 2.67. The molecule has 1 rings (SSSR count). The smallest absolute Gasteiger partial charge is 0.422 e. The monoisotopic (exact) mass is 334 g/mol. The number of para-hydroxylation sites is 2. The van der Waals surface area contributed by atoms with Crippen molar-refractivity contribution in [2.75, 3.05) is 18.5 Å². The van der Waals surface area contributed by atoms with Gasteiger partial charge < -0.3 is 20.5 Å². The Hall–Kier alpha value is -1.96. The predicted molar refractivity (Wildman–Crippen MR) is 80.5 cm³/mol. The van der Waals surface area contributed by atoms with Gasteiger partial charge in [-0.25, -0.2) is 4.79 Å². The highest BCUT2D eigenvalue weighted by molar-refractivity contribution is 5.91. The number of ether oxygens (including phenoxy) is 1. The number of hydrogen-bond donors (Lipinski definition) is 3. The molecule has 0 radical (unpaired) electrons. The summed E-state index contributed by atoms with van der Waals surface area (Å²) in [5, 5.41) is 14.2. The van der Waals surface area contributed by atoms with E-state index in [0.717, 1.165) is 0 Å². The van der Waals surface area contributed by atoms with E-state index in [0.29, 0.717) is 6.42 Å². The van der Waals surface area contributed by atoms with Crippen LogP contribution in [0.15, 0.2) is 24.3 Å². The number of halogens is 3. The van der Waals surface area contributed by atoms with Crippen molar-refractivity contribution < 1.29 is 27.8 Å². The number of urea groups is 1. The molecule has 1 aromatic rings. The molecule has 0 bridgehead atoms. The lowest BCUT2D eigenvalue weighted by Crippen LogP contribution is -2.41. The largest absolute Gasteiger partial charge is 0.482 e. The Kier molecular flexibility index (Phi) is 7.15. The molecule has 5 nitrogen and oxygen atoms in total. The standard InChI is InChI=1S/C15H21F3N2O3/c1-10(2)7-11(8-21)19-14(22)20-12-5-3-4-6-13(12)23-9-15(16,17)18/h3-6,10-11,21H,7-9H2,1-2H3,(H2,19,20,22). The van der Waals surface area contributed by atoms with Crippen LogP contribution in [0.1, 0.15) is 20.3 Å². The molecular weight excluding hydrogens is 313 g/mol. The van der Waals surface area contributed by atoms with Crippen molar-refractivity contribution in [3.05, 3.63) is 24.3 Å². The van der Waals surface area contributed by atoms with Crippen LogP contribution in [0.5, 0.6) is 5.75 Å². The third-order valence-electron chi connectivity index (χ3n) is 2.84. The van der Waals surface area contributed by atoms with Crippen molar-refractivity contribution >= 4 is 11.7 Å². The summed E-state index contributed by atoms with van der Waals surface area (Å²) in [7, 11) is 0. The molecule has 0 aromatic heterocycles. The molecule has 1 atom stereocenters. The van der Waals surface area contributed by atoms with Gasteiger partial charge in [0.1, 0.15) is 5.75 Å². The van der Waals surface area contributed by atoms with E-state index in [1.165, 1.54) is 18.2 Å². The lowest BCUT2D eigenvalue weighted by Gasteiger charge is -2.19. The highest BCUT2D eigenvalue weighted by atomic mass is 19.4. The summed E-state index contributed by atoms with van der Waals surface area (Å²) in [5.74, 6) is 0.194. The fourth-order valence-electron chi connectivity index (χ4n) is 1.95. The van der Waals surface area contributed by atoms with Crippen molar-refractivity contribution in [2.24, 2.45) is 5.92 Å². The van der Waals surface area contributed by atoms with E-state index in [-0.39, 0.29) is 24.0 Å². The SMILES string of the molecule is CC(C)CC(CO)NC(=O)Nc1ccccc1OCC(F)(F)F. The topological polar surface area (TPSA) is 70.6 Å². The second-order valence-corrected chi connectivity index (χ2v) is 5.51. The maximum atomic E-state index is 12.2. The zero-order chi connectivity index (χ0) is 17.5. The highest BCUT2D eigenvalue weighted by Crippen LogP contribution is 2.26. The number of anilines is 1. The summed E-state index contributed by atoms with van der Waals surface area (Å²) in [4.78, 5) is 11.9. The average molecular weight is 334 g/mol. The van der Waals surface area contributed by atoms with Crippen LogP contribution < -0.4 is 15.4 Å². The van der Waals surface area contributed by atoms with Gasteiger partial charge in [0.05, 0.1) is 18.3 Å². The average Bonchev–Trinajstić information content (AvgIpc) is 2.44. The first-order valence-corrected chi connectivity index (χ1v) is 7.18. The fourth-order valence-corrected chi connectivity index (χ4v) is 1.95. The maximum absolute atomic E-state index is 12.2. The Labute approximate surface area is 132 Å². The van der Waals surface area contributed by atoms with E-state index in [1.807, 2.05) is 13.8 Å². The zero-order valence-corrected chi connectivity index (χ0v) is 13.0. The van der Waals surface area contributed by atoms with Gasteiger partial charge in [-0.1, -0.05) is 26.0 Å².